The third-order valence-electron chi connectivity index (χ3n) is 3.11. The van der Waals surface area contributed by atoms with Crippen molar-refractivity contribution >= 4 is 21.8 Å². The van der Waals surface area contributed by atoms with Crippen molar-refractivity contribution in [3.63, 3.8) is 0 Å². The Balaban J connectivity index is 2.05. The number of ether oxygens (including phenoxy) is 1. The van der Waals surface area contributed by atoms with Gasteiger partial charge < -0.3 is 14.5 Å². The van der Waals surface area contributed by atoms with Gasteiger partial charge >= 0.3 is 0 Å². The van der Waals surface area contributed by atoms with Crippen LogP contribution in [0.5, 0.6) is 5.75 Å². The third kappa shape index (κ3) is 4.13. The van der Waals surface area contributed by atoms with Crippen molar-refractivity contribution < 1.29 is 27.2 Å². The topological polar surface area (TPSA) is 115 Å². The van der Waals surface area contributed by atoms with Gasteiger partial charge in [0.1, 0.15) is 18.1 Å². The molecule has 2 amide bonds. The molecule has 0 saturated heterocycles. The molecule has 0 radical (unpaired) electrons. The number of carbonyl (C=O) groups is 2. The van der Waals surface area contributed by atoms with E-state index in [1.807, 2.05) is 4.72 Å². The van der Waals surface area contributed by atoms with Gasteiger partial charge in [-0.15, -0.1) is 0 Å². The standard InChI is InChI=1S/C15H16N2O6S/c1-10(16-15(19)11-6-7-23-9-11)14(18)17-24(20,21)13-5-3-4-12(8-13)22-2/h3-10H,1-2H3,(H,16,19)(H,17,18)/t10-/m0/s1. The van der Waals surface area contributed by atoms with E-state index in [-0.39, 0.29) is 10.5 Å². The second kappa shape index (κ2) is 7.18. The van der Waals surface area contributed by atoms with E-state index < -0.39 is 27.9 Å². The number of hydrogen-bond acceptors (Lipinski definition) is 6. The fraction of sp³-hybridized carbons (Fsp3) is 0.200. The molecule has 1 atom stereocenters. The zero-order valence-electron chi connectivity index (χ0n) is 13.0. The minimum absolute atomic E-state index is 0.122. The molecule has 0 spiro atoms. The smallest absolute Gasteiger partial charge is 0.264 e. The minimum Gasteiger partial charge on any atom is -0.497 e. The van der Waals surface area contributed by atoms with Crippen LogP contribution in [0.4, 0.5) is 0 Å². The molecule has 0 bridgehead atoms. The number of hydrogen-bond donors (Lipinski definition) is 2. The molecule has 0 unspecified atom stereocenters. The van der Waals surface area contributed by atoms with Crippen LogP contribution in [0.1, 0.15) is 17.3 Å². The second-order valence-corrected chi connectivity index (χ2v) is 6.54. The first kappa shape index (κ1) is 17.5. The Labute approximate surface area is 138 Å². The zero-order chi connectivity index (χ0) is 17.7. The highest BCUT2D eigenvalue weighted by Gasteiger charge is 2.23. The first-order valence-electron chi connectivity index (χ1n) is 6.87. The van der Waals surface area contributed by atoms with Crippen molar-refractivity contribution in [3.8, 4) is 5.75 Å². The van der Waals surface area contributed by atoms with Crippen LogP contribution in [0.3, 0.4) is 0 Å². The van der Waals surface area contributed by atoms with Gasteiger partial charge in [0.25, 0.3) is 21.8 Å². The summed E-state index contributed by atoms with van der Waals surface area (Å²) in [6.45, 7) is 1.37. The summed E-state index contributed by atoms with van der Waals surface area (Å²) in [4.78, 5) is 23.7. The maximum absolute atomic E-state index is 12.2. The monoisotopic (exact) mass is 352 g/mol. The number of carbonyl (C=O) groups excluding carboxylic acids is 2. The highest BCUT2D eigenvalue weighted by Crippen LogP contribution is 2.16. The summed E-state index contributed by atoms with van der Waals surface area (Å²) in [5.41, 5.74) is 0.227. The zero-order valence-corrected chi connectivity index (χ0v) is 13.8. The summed E-state index contributed by atoms with van der Waals surface area (Å²) in [7, 11) is -2.68. The van der Waals surface area contributed by atoms with Crippen LogP contribution >= 0.6 is 0 Å². The molecule has 1 aromatic heterocycles. The SMILES string of the molecule is COc1cccc(S(=O)(=O)NC(=O)[C@H](C)NC(=O)c2ccoc2)c1. The van der Waals surface area contributed by atoms with Crippen LogP contribution in [0.25, 0.3) is 0 Å². The van der Waals surface area contributed by atoms with Crippen LogP contribution in [-0.4, -0.2) is 33.4 Å². The first-order valence-corrected chi connectivity index (χ1v) is 8.35. The second-order valence-electron chi connectivity index (χ2n) is 4.86. The first-order chi connectivity index (χ1) is 11.3. The van der Waals surface area contributed by atoms with E-state index in [0.29, 0.717) is 5.75 Å². The largest absolute Gasteiger partial charge is 0.497 e. The summed E-state index contributed by atoms with van der Waals surface area (Å²) >= 11 is 0. The molecule has 1 heterocycles. The summed E-state index contributed by atoms with van der Waals surface area (Å²) in [5.74, 6) is -1.08. The fourth-order valence-electron chi connectivity index (χ4n) is 1.79. The Kier molecular flexibility index (Phi) is 5.24. The quantitative estimate of drug-likeness (QED) is 0.799. The van der Waals surface area contributed by atoms with Crippen molar-refractivity contribution in [2.24, 2.45) is 0 Å². The maximum atomic E-state index is 12.2. The highest BCUT2D eigenvalue weighted by atomic mass is 32.2. The van der Waals surface area contributed by atoms with Crippen molar-refractivity contribution in [2.75, 3.05) is 7.11 Å². The normalized spacial score (nSPS) is 12.2. The Morgan fingerprint density at radius 1 is 1.25 bits per heavy atom. The molecule has 9 heteroatoms. The van der Waals surface area contributed by atoms with Gasteiger partial charge in [0.15, 0.2) is 0 Å². The maximum Gasteiger partial charge on any atom is 0.264 e. The Bertz CT molecular complexity index is 829. The van der Waals surface area contributed by atoms with Gasteiger partial charge in [-0.3, -0.25) is 9.59 Å². The molecule has 0 aliphatic heterocycles. The molecule has 2 rings (SSSR count). The molecule has 8 nitrogen and oxygen atoms in total. The predicted octanol–water partition coefficient (Wildman–Crippen LogP) is 0.912. The molecule has 0 saturated carbocycles. The Hall–Kier alpha value is -2.81. The fourth-order valence-corrected chi connectivity index (χ4v) is 2.88. The van der Waals surface area contributed by atoms with Crippen LogP contribution in [0, 0.1) is 0 Å². The molecule has 0 fully saturated rings. The number of amides is 2. The lowest BCUT2D eigenvalue weighted by atomic mass is 10.2. The van der Waals surface area contributed by atoms with E-state index in [4.69, 9.17) is 9.15 Å². The summed E-state index contributed by atoms with van der Waals surface area (Å²) in [5, 5.41) is 2.38. The van der Waals surface area contributed by atoms with Crippen LogP contribution < -0.4 is 14.8 Å². The third-order valence-corrected chi connectivity index (χ3v) is 4.46. The molecule has 0 aliphatic carbocycles. The number of benzene rings is 1. The van der Waals surface area contributed by atoms with Gasteiger partial charge in [0.05, 0.1) is 23.8 Å². The van der Waals surface area contributed by atoms with Gasteiger partial charge in [0, 0.05) is 6.07 Å². The lowest BCUT2D eigenvalue weighted by molar-refractivity contribution is -0.120. The number of rotatable bonds is 6. The Morgan fingerprint density at radius 2 is 2.00 bits per heavy atom. The lowest BCUT2D eigenvalue weighted by Crippen LogP contribution is -2.46. The van der Waals surface area contributed by atoms with Gasteiger partial charge in [-0.25, -0.2) is 13.1 Å². The van der Waals surface area contributed by atoms with Crippen LogP contribution in [0.2, 0.25) is 0 Å². The van der Waals surface area contributed by atoms with Crippen LogP contribution in [0.15, 0.2) is 52.2 Å². The number of furan rings is 1. The minimum atomic E-state index is -4.08. The molecular formula is C15H16N2O6S. The van der Waals surface area contributed by atoms with Crippen molar-refractivity contribution in [1.29, 1.82) is 0 Å². The molecular weight excluding hydrogens is 336 g/mol. The lowest BCUT2D eigenvalue weighted by Gasteiger charge is -2.14. The Morgan fingerprint density at radius 3 is 2.62 bits per heavy atom. The predicted molar refractivity (Wildman–Crippen MR) is 84.0 cm³/mol. The summed E-state index contributed by atoms with van der Waals surface area (Å²) < 4.78 is 36.1. The number of nitrogens with one attached hydrogen (secondary N) is 2. The molecule has 1 aromatic carbocycles. The van der Waals surface area contributed by atoms with E-state index in [1.54, 1.807) is 6.07 Å². The summed E-state index contributed by atoms with van der Waals surface area (Å²) in [6, 6.07) is 6.04. The van der Waals surface area contributed by atoms with Gasteiger partial charge in [-0.1, -0.05) is 6.07 Å². The molecule has 0 aliphatic rings. The highest BCUT2D eigenvalue weighted by molar-refractivity contribution is 7.90. The molecule has 2 aromatic rings. The van der Waals surface area contributed by atoms with Gasteiger partial charge in [-0.2, -0.15) is 0 Å². The van der Waals surface area contributed by atoms with E-state index >= 15 is 0 Å². The van der Waals surface area contributed by atoms with Crippen LogP contribution in [-0.2, 0) is 14.8 Å². The molecule has 24 heavy (non-hydrogen) atoms. The van der Waals surface area contributed by atoms with Gasteiger partial charge in [-0.05, 0) is 25.1 Å². The van der Waals surface area contributed by atoms with Crippen molar-refractivity contribution in [2.45, 2.75) is 17.9 Å². The van der Waals surface area contributed by atoms with Gasteiger partial charge in [0.2, 0.25) is 0 Å². The van der Waals surface area contributed by atoms with Crippen molar-refractivity contribution in [1.82, 2.24) is 10.0 Å². The number of methoxy groups -OCH3 is 1. The van der Waals surface area contributed by atoms with Crippen molar-refractivity contribution in [3.05, 3.63) is 48.4 Å². The molecule has 2 N–H and O–H groups in total. The van der Waals surface area contributed by atoms with E-state index in [2.05, 4.69) is 5.32 Å². The molecule has 128 valence electrons. The average Bonchev–Trinajstić information content (AvgIpc) is 3.09. The van der Waals surface area contributed by atoms with E-state index in [0.717, 1.165) is 0 Å². The summed E-state index contributed by atoms with van der Waals surface area (Å²) in [6.07, 6.45) is 2.53. The van der Waals surface area contributed by atoms with E-state index in [9.17, 15) is 18.0 Å². The van der Waals surface area contributed by atoms with E-state index in [1.165, 1.54) is 50.8 Å². The average molecular weight is 352 g/mol. The number of sulfonamides is 1.